The van der Waals surface area contributed by atoms with Crippen LogP contribution >= 0.6 is 0 Å². The Morgan fingerprint density at radius 3 is 1.08 bits per heavy atom. The number of aldehydes is 2. The van der Waals surface area contributed by atoms with Crippen LogP contribution in [0, 0.1) is 0 Å². The number of halogens is 6. The van der Waals surface area contributed by atoms with Gasteiger partial charge in [-0.3, -0.25) is 19.2 Å². The minimum atomic E-state index is -0.325. The number of phenols is 2. The van der Waals surface area contributed by atoms with Crippen LogP contribution in [0.25, 0.3) is 24.3 Å². The number of allylic oxidation sites excluding steroid dienone is 14. The van der Waals surface area contributed by atoms with Crippen molar-refractivity contribution in [2.75, 3.05) is 50.7 Å². The Balaban J connectivity index is 0.000000231. The van der Waals surface area contributed by atoms with Crippen molar-refractivity contribution in [3.8, 4) is 17.2 Å². The molecule has 10 aromatic rings. The number of rotatable bonds is 21. The summed E-state index contributed by atoms with van der Waals surface area (Å²) in [5, 5.41) is 19.7. The maximum Gasteiger partial charge on any atom is 0.308 e. The Labute approximate surface area is 957 Å². The van der Waals surface area contributed by atoms with Gasteiger partial charge in [0.05, 0.1) is 38.1 Å². The topological polar surface area (TPSA) is 139 Å². The summed E-state index contributed by atoms with van der Waals surface area (Å²) < 4.78 is 19.9. The number of fused-ring (bicyclic) bond motifs is 7. The van der Waals surface area contributed by atoms with Gasteiger partial charge < -0.3 is 164 Å². The summed E-state index contributed by atoms with van der Waals surface area (Å²) in [6.07, 6.45) is 34.9. The van der Waals surface area contributed by atoms with E-state index in [9.17, 15) is 24.3 Å². The fourth-order valence-electron chi connectivity index (χ4n) is 21.4. The number of esters is 1. The van der Waals surface area contributed by atoms with Gasteiger partial charge in [0.2, 0.25) is 34.1 Å². The van der Waals surface area contributed by atoms with Crippen molar-refractivity contribution in [1.82, 2.24) is 0 Å². The number of benzene rings is 10. The molecule has 0 atom stereocenters. The standard InChI is InChI=1S/C36H40N2O2.2C34H37N2O.C12H16N.C8H6O3.6HI/c1-8-37-30-16-12-10-14-28(30)35(4,5)33(37)22-19-26-18-21-32(40-25(3)39)27(24-26)20-23-34-36(6,7)29-15-11-13-17-31(29)38(34)9-2;2*1-7-35-28-15-11-9-13-26(28)33(3,4)31(35)21-18-24-17-20-30(37)25(23-24)19-22-32-34(5,6)27-14-10-12-16-29(27)36(32)8-2;1-4-13-9-12(2,3)10-7-5-6-8-11(10)13;9-4-6-1-2-8(11)7(3-6)5-10;;;;;;/h10-24H,8-9H2,1-7H3;2*9-23H,7-8H2,1-6H3;5-9H,4H2,1-3H3;1-5,11H;6*1H/q+2;3*+1;;;;;;;/p-5/b22-19+,23-20+;;;;;;;;;;. The van der Waals surface area contributed by atoms with Gasteiger partial charge in [0.25, 0.3) is 0 Å². The number of aromatic hydroxyl groups is 2. The number of para-hydroxylation sites is 7. The fourth-order valence-corrected chi connectivity index (χ4v) is 21.4. The second kappa shape index (κ2) is 50.2. The van der Waals surface area contributed by atoms with Crippen molar-refractivity contribution < 1.29 is 205 Å². The lowest BCUT2D eigenvalue weighted by atomic mass is 9.81. The third-order valence-corrected chi connectivity index (χ3v) is 28.7. The number of hydrogen-bond donors (Lipinski definition) is 2. The molecule has 0 aromatic heterocycles. The summed E-state index contributed by atoms with van der Waals surface area (Å²) in [7, 11) is 0. The van der Waals surface area contributed by atoms with Crippen LogP contribution in [-0.4, -0.2) is 143 Å². The molecule has 752 valence electrons. The van der Waals surface area contributed by atoms with Gasteiger partial charge in [-0.1, -0.05) is 159 Å². The van der Waals surface area contributed by atoms with Crippen LogP contribution in [-0.2, 0) is 47.5 Å². The highest BCUT2D eigenvalue weighted by molar-refractivity contribution is 6.11. The van der Waals surface area contributed by atoms with Crippen molar-refractivity contribution in [2.24, 2.45) is 0 Å². The van der Waals surface area contributed by atoms with Gasteiger partial charge in [0.1, 0.15) is 62.8 Å². The highest BCUT2D eigenvalue weighted by atomic mass is 127. The molecule has 10 aromatic carbocycles. The number of phenolic OH excluding ortho intramolecular Hbond substituents is 2. The summed E-state index contributed by atoms with van der Waals surface area (Å²) in [6.45, 7) is 55.1. The molecular formula is C124H137I6N7O7. The van der Waals surface area contributed by atoms with Gasteiger partial charge >= 0.3 is 5.97 Å². The molecular weight excluding hydrogens is 2460 g/mol. The highest BCUT2D eigenvalue weighted by Gasteiger charge is 2.49. The molecule has 7 heterocycles. The maximum absolute atomic E-state index is 12.8. The molecule has 0 spiro atoms. The molecule has 0 fully saturated rings. The number of likely N-dealkylation sites (N-methyl/N-ethyl adjacent to an activating group) is 1. The summed E-state index contributed by atoms with van der Waals surface area (Å²) >= 11 is 0. The molecule has 1 aliphatic carbocycles. The van der Waals surface area contributed by atoms with Crippen LogP contribution in [0.3, 0.4) is 0 Å². The van der Waals surface area contributed by atoms with Crippen molar-refractivity contribution in [1.29, 1.82) is 0 Å². The SMILES string of the molecule is CCN1C(=CC=C2C=C(C=CC3=[N+](CC)c4ccccc4C3(C)C)C=CC2=O)C(C)(C)c2ccccc21.CC[N+]1=C(/C=C/c2ccc(O)c(/C=C/C3=[N+](CC)c4ccccc4C3(C)C)c2)C(C)(C)c2ccccc21.CC[N+]1=C(/C=C/c2ccc(OC(C)=O)c(/C=C/C3=[N+](CC)c4ccccc4C3(C)C)c2)C(C)(C)c2ccccc21.CC[N+]1=CC(C)(C)c2ccccc21.O=Cc1ccc(O)c(C=O)c1.[I-].[I-].[I-].[I-].[I-].[I-]. The second-order valence-electron chi connectivity index (χ2n) is 39.8. The lowest BCUT2D eigenvalue weighted by Gasteiger charge is -2.26. The van der Waals surface area contributed by atoms with Gasteiger partial charge in [0.15, 0.2) is 46.8 Å². The summed E-state index contributed by atoms with van der Waals surface area (Å²) in [5.74, 6) is 0.470. The molecule has 20 heteroatoms. The first-order valence-electron chi connectivity index (χ1n) is 48.9. The number of nitrogens with zero attached hydrogens (tertiary/aromatic N) is 7. The lowest BCUT2D eigenvalue weighted by molar-refractivity contribution is -0.433. The fraction of sp³-hybridized carbons (Fsp3) is 0.290. The van der Waals surface area contributed by atoms with Gasteiger partial charge in [-0.2, -0.15) is 22.9 Å². The van der Waals surface area contributed by atoms with E-state index in [1.165, 1.54) is 138 Å². The smallest absolute Gasteiger partial charge is 0.308 e. The molecule has 0 saturated heterocycles. The Hall–Kier alpha value is -9.86. The van der Waals surface area contributed by atoms with Crippen molar-refractivity contribution in [2.45, 2.75) is 190 Å². The van der Waals surface area contributed by atoms with E-state index < -0.39 is 0 Å². The Morgan fingerprint density at radius 1 is 0.347 bits per heavy atom. The molecule has 0 amide bonds. The van der Waals surface area contributed by atoms with Gasteiger partial charge in [-0.15, -0.1) is 0 Å². The first-order valence-corrected chi connectivity index (χ1v) is 48.9. The van der Waals surface area contributed by atoms with Crippen LogP contribution in [0.4, 0.5) is 39.8 Å². The van der Waals surface area contributed by atoms with Crippen LogP contribution < -0.4 is 153 Å². The number of ketones is 1. The molecule has 7 aliphatic heterocycles. The lowest BCUT2D eigenvalue weighted by Crippen LogP contribution is -3.00. The molecule has 14 nitrogen and oxygen atoms in total. The third kappa shape index (κ3) is 24.2. The maximum atomic E-state index is 12.8. The predicted molar refractivity (Wildman–Crippen MR) is 572 cm³/mol. The molecule has 144 heavy (non-hydrogen) atoms. The van der Waals surface area contributed by atoms with Gasteiger partial charge in [-0.25, -0.2) is 4.58 Å². The quantitative estimate of drug-likeness (QED) is 0.0183. The van der Waals surface area contributed by atoms with Crippen LogP contribution in [0.15, 0.2) is 308 Å². The number of carbonyl (C=O) groups excluding carboxylic acids is 4. The highest BCUT2D eigenvalue weighted by Crippen LogP contribution is 2.50. The Kier molecular flexibility index (Phi) is 41.6. The Morgan fingerprint density at radius 2 is 0.688 bits per heavy atom. The van der Waals surface area contributed by atoms with Crippen LogP contribution in [0.2, 0.25) is 0 Å². The summed E-state index contributed by atoms with van der Waals surface area (Å²) in [6, 6.07) is 76.5. The zero-order valence-electron chi connectivity index (χ0n) is 87.0. The monoisotopic (exact) mass is 2600 g/mol. The number of carbonyl (C=O) groups is 4. The second-order valence-corrected chi connectivity index (χ2v) is 39.8. The zero-order chi connectivity index (χ0) is 99.1. The minimum Gasteiger partial charge on any atom is -1.00 e. The number of anilines is 1. The number of hydrogen-bond acceptors (Lipinski definition) is 8. The molecule has 8 aliphatic rings. The van der Waals surface area contributed by atoms with E-state index in [2.05, 4.69) is 433 Å². The van der Waals surface area contributed by atoms with E-state index >= 15 is 0 Å². The van der Waals surface area contributed by atoms with E-state index in [-0.39, 0.29) is 205 Å². The van der Waals surface area contributed by atoms with E-state index in [1.54, 1.807) is 12.1 Å². The molecule has 0 radical (unpaired) electrons. The average Bonchev–Trinajstić information content (AvgIpc) is 1.61. The molecule has 0 unspecified atom stereocenters. The predicted octanol–water partition coefficient (Wildman–Crippen LogP) is 8.53. The van der Waals surface area contributed by atoms with Crippen LogP contribution in [0.5, 0.6) is 17.2 Å². The first-order chi connectivity index (χ1) is 65.9. The van der Waals surface area contributed by atoms with Crippen LogP contribution in [0.1, 0.15) is 234 Å². The molecule has 0 bridgehead atoms. The normalized spacial score (nSPS) is 17.3. The summed E-state index contributed by atoms with van der Waals surface area (Å²) in [5.41, 5.74) is 31.7. The van der Waals surface area contributed by atoms with E-state index in [4.69, 9.17) is 9.84 Å². The Bertz CT molecular complexity index is 7030. The minimum absolute atomic E-state index is 0. The summed E-state index contributed by atoms with van der Waals surface area (Å²) in [4.78, 5) is 47.5. The molecule has 0 saturated carbocycles. The van der Waals surface area contributed by atoms with Crippen molar-refractivity contribution in [3.05, 3.63) is 380 Å². The number of ether oxygens (including phenoxy) is 1. The zero-order valence-corrected chi connectivity index (χ0v) is 100.0. The van der Waals surface area contributed by atoms with E-state index in [1.807, 2.05) is 36.4 Å². The first kappa shape index (κ1) is 119. The van der Waals surface area contributed by atoms with Crippen molar-refractivity contribution >= 4 is 123 Å². The van der Waals surface area contributed by atoms with E-state index in [0.29, 0.717) is 35.2 Å². The average molecular weight is 2600 g/mol. The molecule has 18 rings (SSSR count). The largest absolute Gasteiger partial charge is 1.00 e. The van der Waals surface area contributed by atoms with Crippen molar-refractivity contribution in [3.63, 3.8) is 0 Å². The van der Waals surface area contributed by atoms with Gasteiger partial charge in [0, 0.05) is 153 Å². The van der Waals surface area contributed by atoms with E-state index in [0.717, 1.165) is 73.6 Å². The third-order valence-electron chi connectivity index (χ3n) is 28.7. The van der Waals surface area contributed by atoms with Gasteiger partial charge in [-0.05, 0) is 257 Å². The molecule has 2 N–H and O–H groups in total.